The average Bonchev–Trinajstić information content (AvgIpc) is 2.98. The van der Waals surface area contributed by atoms with Crippen molar-refractivity contribution in [2.24, 2.45) is 5.92 Å². The van der Waals surface area contributed by atoms with Gasteiger partial charge in [0.25, 0.3) is 0 Å². The van der Waals surface area contributed by atoms with Crippen molar-refractivity contribution in [2.45, 2.75) is 50.9 Å². The molecule has 4 unspecified atom stereocenters. The molecule has 0 aromatic carbocycles. The summed E-state index contributed by atoms with van der Waals surface area (Å²) in [5, 5.41) is 25.6. The Labute approximate surface area is 111 Å². The fourth-order valence-electron chi connectivity index (χ4n) is 2.04. The van der Waals surface area contributed by atoms with Crippen LogP contribution in [0.1, 0.15) is 32.6 Å². The van der Waals surface area contributed by atoms with Gasteiger partial charge >= 0.3 is 11.9 Å². The second-order valence-corrected chi connectivity index (χ2v) is 4.71. The van der Waals surface area contributed by atoms with E-state index in [0.29, 0.717) is 12.8 Å². The lowest BCUT2D eigenvalue weighted by molar-refractivity contribution is -0.150. The van der Waals surface area contributed by atoms with Crippen LogP contribution in [0, 0.1) is 5.92 Å². The Morgan fingerprint density at radius 2 is 2.05 bits per heavy atom. The third kappa shape index (κ3) is 5.00. The molecular formula is C13H20O6. The van der Waals surface area contributed by atoms with Crippen molar-refractivity contribution in [3.05, 3.63) is 12.2 Å². The number of carboxylic acids is 2. The van der Waals surface area contributed by atoms with Gasteiger partial charge in [-0.15, -0.1) is 0 Å². The lowest BCUT2D eigenvalue weighted by atomic mass is 10.1. The van der Waals surface area contributed by atoms with Gasteiger partial charge in [-0.25, -0.2) is 4.79 Å². The third-order valence-corrected chi connectivity index (χ3v) is 3.19. The highest BCUT2D eigenvalue weighted by atomic mass is 16.5. The van der Waals surface area contributed by atoms with Gasteiger partial charge < -0.3 is 20.1 Å². The third-order valence-electron chi connectivity index (χ3n) is 3.19. The topological polar surface area (TPSA) is 104 Å². The molecule has 6 heteroatoms. The molecule has 6 nitrogen and oxygen atoms in total. The van der Waals surface area contributed by atoms with Crippen LogP contribution in [0.3, 0.4) is 0 Å². The predicted molar refractivity (Wildman–Crippen MR) is 66.7 cm³/mol. The monoisotopic (exact) mass is 272 g/mol. The minimum atomic E-state index is -0.845. The summed E-state index contributed by atoms with van der Waals surface area (Å²) in [5.74, 6) is -1.55. The average molecular weight is 272 g/mol. The normalized spacial score (nSPS) is 28.6. The van der Waals surface area contributed by atoms with Gasteiger partial charge in [0.15, 0.2) is 6.10 Å². The van der Waals surface area contributed by atoms with E-state index >= 15 is 0 Å². The molecule has 4 atom stereocenters. The van der Waals surface area contributed by atoms with Crippen LogP contribution < -0.4 is 0 Å². The lowest BCUT2D eigenvalue weighted by Gasteiger charge is -2.12. The highest BCUT2D eigenvalue weighted by Crippen LogP contribution is 2.34. The molecule has 1 aliphatic heterocycles. The van der Waals surface area contributed by atoms with Crippen molar-refractivity contribution in [3.8, 4) is 0 Å². The van der Waals surface area contributed by atoms with Crippen molar-refractivity contribution >= 4 is 11.9 Å². The van der Waals surface area contributed by atoms with Crippen LogP contribution in [0.25, 0.3) is 0 Å². The molecule has 0 aromatic rings. The summed E-state index contributed by atoms with van der Waals surface area (Å²) in [5.41, 5.74) is 0. The Bertz CT molecular complexity index is 351. The van der Waals surface area contributed by atoms with Crippen molar-refractivity contribution < 1.29 is 29.6 Å². The van der Waals surface area contributed by atoms with Crippen LogP contribution in [0.2, 0.25) is 0 Å². The van der Waals surface area contributed by atoms with E-state index in [1.165, 1.54) is 0 Å². The Kier molecular flexibility index (Phi) is 5.98. The van der Waals surface area contributed by atoms with Crippen LogP contribution in [0.4, 0.5) is 0 Å². The molecule has 2 bridgehead atoms. The highest BCUT2D eigenvalue weighted by Gasteiger charge is 2.40. The Hall–Kier alpha value is -1.40. The highest BCUT2D eigenvalue weighted by molar-refractivity contribution is 5.74. The fourth-order valence-corrected chi connectivity index (χ4v) is 2.04. The maximum atomic E-state index is 10.4. The molecule has 2 aliphatic rings. The standard InChI is InChI=1S/C7H8O3.C6H12O3/c8-7(9)6-4-1-2-5(3-4)10-6;1-2-5(7)3-4-6(8)9/h1-2,4-6H,3H2,(H,8,9);5,7H,2-4H2,1H3,(H,8,9). The lowest BCUT2D eigenvalue weighted by Crippen LogP contribution is -2.27. The van der Waals surface area contributed by atoms with Gasteiger partial charge in [-0.2, -0.15) is 0 Å². The van der Waals surface area contributed by atoms with Crippen LogP contribution in [-0.2, 0) is 14.3 Å². The first-order valence-corrected chi connectivity index (χ1v) is 6.40. The van der Waals surface area contributed by atoms with E-state index in [2.05, 4.69) is 0 Å². The number of carbonyl (C=O) groups is 2. The number of hydrogen-bond acceptors (Lipinski definition) is 4. The molecule has 1 fully saturated rings. The Morgan fingerprint density at radius 3 is 2.37 bits per heavy atom. The maximum Gasteiger partial charge on any atom is 0.333 e. The molecule has 3 N–H and O–H groups in total. The zero-order chi connectivity index (χ0) is 14.4. The van der Waals surface area contributed by atoms with E-state index in [1.807, 2.05) is 19.1 Å². The first-order valence-electron chi connectivity index (χ1n) is 6.40. The molecular weight excluding hydrogens is 252 g/mol. The van der Waals surface area contributed by atoms with E-state index in [1.54, 1.807) is 0 Å². The summed E-state index contributed by atoms with van der Waals surface area (Å²) in [6.45, 7) is 1.83. The minimum absolute atomic E-state index is 0.0645. The van der Waals surface area contributed by atoms with Gasteiger partial charge in [0.2, 0.25) is 0 Å². The molecule has 0 radical (unpaired) electrons. The van der Waals surface area contributed by atoms with Gasteiger partial charge in [-0.1, -0.05) is 19.1 Å². The molecule has 0 aromatic heterocycles. The summed E-state index contributed by atoms with van der Waals surface area (Å²) in [4.78, 5) is 20.3. The van der Waals surface area contributed by atoms with Crippen molar-refractivity contribution in [3.63, 3.8) is 0 Å². The van der Waals surface area contributed by atoms with Gasteiger partial charge in [0, 0.05) is 12.3 Å². The first kappa shape index (κ1) is 15.7. The second-order valence-electron chi connectivity index (χ2n) is 4.71. The van der Waals surface area contributed by atoms with E-state index in [4.69, 9.17) is 20.1 Å². The van der Waals surface area contributed by atoms with Gasteiger partial charge in [0.05, 0.1) is 12.2 Å². The molecule has 0 saturated carbocycles. The van der Waals surface area contributed by atoms with Gasteiger partial charge in [-0.05, 0) is 19.3 Å². The summed E-state index contributed by atoms with van der Waals surface area (Å²) in [6.07, 6.45) is 4.85. The molecule has 1 aliphatic carbocycles. The largest absolute Gasteiger partial charge is 0.481 e. The smallest absolute Gasteiger partial charge is 0.333 e. The number of carboxylic acid groups (broad SMARTS) is 2. The summed E-state index contributed by atoms with van der Waals surface area (Å²) >= 11 is 0. The molecule has 1 saturated heterocycles. The maximum absolute atomic E-state index is 10.4. The van der Waals surface area contributed by atoms with Crippen molar-refractivity contribution in [1.82, 2.24) is 0 Å². The molecule has 0 spiro atoms. The number of ether oxygens (including phenoxy) is 1. The van der Waals surface area contributed by atoms with Crippen LogP contribution in [-0.4, -0.2) is 45.6 Å². The predicted octanol–water partition coefficient (Wildman–Crippen LogP) is 1.04. The van der Waals surface area contributed by atoms with Gasteiger partial charge in [0.1, 0.15) is 0 Å². The van der Waals surface area contributed by atoms with E-state index < -0.39 is 24.1 Å². The van der Waals surface area contributed by atoms with Crippen molar-refractivity contribution in [2.75, 3.05) is 0 Å². The van der Waals surface area contributed by atoms with E-state index in [0.717, 1.165) is 6.42 Å². The number of hydrogen-bond donors (Lipinski definition) is 3. The summed E-state index contributed by atoms with van der Waals surface area (Å²) < 4.78 is 5.14. The number of aliphatic carboxylic acids is 2. The molecule has 108 valence electrons. The molecule has 1 heterocycles. The summed E-state index contributed by atoms with van der Waals surface area (Å²) in [7, 11) is 0. The number of aliphatic hydroxyl groups is 1. The van der Waals surface area contributed by atoms with Crippen molar-refractivity contribution in [1.29, 1.82) is 0 Å². The minimum Gasteiger partial charge on any atom is -0.481 e. The first-order chi connectivity index (χ1) is 8.93. The zero-order valence-electron chi connectivity index (χ0n) is 10.9. The van der Waals surface area contributed by atoms with E-state index in [-0.39, 0.29) is 18.4 Å². The second kappa shape index (κ2) is 7.25. The Morgan fingerprint density at radius 1 is 1.37 bits per heavy atom. The quantitative estimate of drug-likeness (QED) is 0.646. The van der Waals surface area contributed by atoms with Crippen LogP contribution >= 0.6 is 0 Å². The molecule has 0 amide bonds. The Balaban J connectivity index is 0.000000192. The van der Waals surface area contributed by atoms with Gasteiger partial charge in [-0.3, -0.25) is 4.79 Å². The number of fused-ring (bicyclic) bond motifs is 2. The zero-order valence-corrected chi connectivity index (χ0v) is 10.9. The fraction of sp³-hybridized carbons (Fsp3) is 0.692. The van der Waals surface area contributed by atoms with Crippen LogP contribution in [0.5, 0.6) is 0 Å². The number of rotatable bonds is 5. The molecule has 19 heavy (non-hydrogen) atoms. The summed E-state index contributed by atoms with van der Waals surface area (Å²) in [6, 6.07) is 0. The van der Waals surface area contributed by atoms with E-state index in [9.17, 15) is 9.59 Å². The van der Waals surface area contributed by atoms with Crippen LogP contribution in [0.15, 0.2) is 12.2 Å². The molecule has 2 rings (SSSR count). The SMILES string of the molecule is CCC(O)CCC(=O)O.O=C(O)C1OC2C=CC1C2. The number of aliphatic hydroxyl groups excluding tert-OH is 1.